The molecule has 0 aliphatic rings. The van der Waals surface area contributed by atoms with Gasteiger partial charge in [-0.05, 0) is 64.0 Å². The van der Waals surface area contributed by atoms with Gasteiger partial charge in [0.25, 0.3) is 5.91 Å². The number of aliphatic imine (C=N–C) groups is 1. The number of likely N-dealkylation sites (N-methyl/N-ethyl adjacent to an activating group) is 1. The van der Waals surface area contributed by atoms with Crippen LogP contribution in [0.4, 0.5) is 26.3 Å². The van der Waals surface area contributed by atoms with Gasteiger partial charge in [-0.25, -0.2) is 13.2 Å². The van der Waals surface area contributed by atoms with Crippen molar-refractivity contribution in [3.63, 3.8) is 0 Å². The highest BCUT2D eigenvalue weighted by atomic mass is 32.2. The summed E-state index contributed by atoms with van der Waals surface area (Å²) in [5.41, 5.74) is -2.33. The van der Waals surface area contributed by atoms with E-state index < -0.39 is 69.3 Å². The third kappa shape index (κ3) is 9.88. The Balaban J connectivity index is 3.80. The molecule has 1 aromatic carbocycles. The fraction of sp³-hybridized carbons (Fsp3) is 0.519. The zero-order chi connectivity index (χ0) is 32.6. The largest absolute Gasteiger partial charge is 0.480 e. The number of sulfone groups is 1. The molecular formula is C27H34F6N2O6S. The topological polar surface area (TPSA) is 102 Å². The summed E-state index contributed by atoms with van der Waals surface area (Å²) in [7, 11) is -3.05. The summed E-state index contributed by atoms with van der Waals surface area (Å²) in [6.45, 7) is 6.12. The first-order valence-electron chi connectivity index (χ1n) is 12.7. The lowest BCUT2D eigenvalue weighted by molar-refractivity contribution is -0.189. The van der Waals surface area contributed by atoms with E-state index in [4.69, 9.17) is 9.47 Å². The Kier molecular flexibility index (Phi) is 12.8. The Morgan fingerprint density at radius 1 is 1.10 bits per heavy atom. The first-order valence-corrected chi connectivity index (χ1v) is 14.6. The molecule has 0 N–H and O–H groups in total. The minimum atomic E-state index is -5.02. The highest BCUT2D eigenvalue weighted by Crippen LogP contribution is 2.31. The minimum Gasteiger partial charge on any atom is -0.480 e. The van der Waals surface area contributed by atoms with Crippen molar-refractivity contribution in [2.75, 3.05) is 33.0 Å². The first kappa shape index (κ1) is 36.7. The van der Waals surface area contributed by atoms with Gasteiger partial charge in [0.1, 0.15) is 5.75 Å². The lowest BCUT2D eigenvalue weighted by atomic mass is 10.00. The molecule has 0 aliphatic carbocycles. The predicted molar refractivity (Wildman–Crippen MR) is 144 cm³/mol. The number of halogens is 6. The maximum absolute atomic E-state index is 13.7. The molecule has 0 unspecified atom stereocenters. The normalized spacial score (nSPS) is 14.7. The van der Waals surface area contributed by atoms with Crippen LogP contribution in [0.5, 0.6) is 5.75 Å². The van der Waals surface area contributed by atoms with Gasteiger partial charge in [-0.3, -0.25) is 9.79 Å². The fourth-order valence-electron chi connectivity index (χ4n) is 3.51. The number of esters is 1. The molecule has 0 spiro atoms. The van der Waals surface area contributed by atoms with Crippen molar-refractivity contribution in [3.8, 4) is 5.75 Å². The van der Waals surface area contributed by atoms with E-state index in [9.17, 15) is 44.3 Å². The van der Waals surface area contributed by atoms with Gasteiger partial charge in [0.15, 0.2) is 21.7 Å². The molecule has 1 rings (SSSR count). The third-order valence-corrected chi connectivity index (χ3v) is 7.15. The molecule has 15 heteroatoms. The number of alkyl halides is 6. The van der Waals surface area contributed by atoms with E-state index in [2.05, 4.69) is 4.99 Å². The van der Waals surface area contributed by atoms with Gasteiger partial charge in [0.2, 0.25) is 0 Å². The number of amides is 1. The summed E-state index contributed by atoms with van der Waals surface area (Å²) in [5, 5.41) is 0. The second-order valence-corrected chi connectivity index (χ2v) is 11.1. The molecule has 42 heavy (non-hydrogen) atoms. The van der Waals surface area contributed by atoms with Crippen LogP contribution in [0.1, 0.15) is 51.4 Å². The molecule has 0 heterocycles. The van der Waals surface area contributed by atoms with Crippen molar-refractivity contribution >= 4 is 27.4 Å². The number of ether oxygens (including phenoxy) is 2. The smallest absolute Gasteiger partial charge is 0.433 e. The molecule has 0 fully saturated rings. The van der Waals surface area contributed by atoms with Crippen LogP contribution in [-0.4, -0.2) is 82.4 Å². The van der Waals surface area contributed by atoms with Crippen molar-refractivity contribution in [2.24, 2.45) is 4.99 Å². The summed E-state index contributed by atoms with van der Waals surface area (Å²) in [6.07, 6.45) is -10.1. The van der Waals surface area contributed by atoms with Crippen molar-refractivity contribution < 1.29 is 53.8 Å². The second kappa shape index (κ2) is 14.7. The maximum atomic E-state index is 13.7. The number of rotatable bonds is 12. The van der Waals surface area contributed by atoms with Crippen molar-refractivity contribution in [1.29, 1.82) is 0 Å². The number of allylic oxidation sites excluding steroid dienone is 1. The number of hydrogen-bond donors (Lipinski definition) is 0. The molecule has 1 aromatic rings. The highest BCUT2D eigenvalue weighted by Gasteiger charge is 2.41. The lowest BCUT2D eigenvalue weighted by Crippen LogP contribution is -2.35. The summed E-state index contributed by atoms with van der Waals surface area (Å²) in [4.78, 5) is 30.2. The van der Waals surface area contributed by atoms with Crippen LogP contribution >= 0.6 is 0 Å². The Hall–Kier alpha value is -3.36. The van der Waals surface area contributed by atoms with Crippen LogP contribution in [0.25, 0.3) is 0 Å². The summed E-state index contributed by atoms with van der Waals surface area (Å²) in [5.74, 6) is -2.81. The summed E-state index contributed by atoms with van der Waals surface area (Å²) >= 11 is 0. The van der Waals surface area contributed by atoms with Crippen LogP contribution in [0, 0.1) is 0 Å². The number of hydrogen-bond acceptors (Lipinski definition) is 7. The van der Waals surface area contributed by atoms with Crippen LogP contribution in [0.15, 0.2) is 50.9 Å². The van der Waals surface area contributed by atoms with E-state index in [1.807, 2.05) is 0 Å². The van der Waals surface area contributed by atoms with E-state index >= 15 is 0 Å². The number of nitrogens with zero attached hydrogens (tertiary/aromatic N) is 2. The molecule has 0 radical (unpaired) electrons. The summed E-state index contributed by atoms with van der Waals surface area (Å²) < 4.78 is 115. The molecule has 1 amide bonds. The molecule has 0 aromatic heterocycles. The van der Waals surface area contributed by atoms with Gasteiger partial charge >= 0.3 is 18.3 Å². The van der Waals surface area contributed by atoms with Gasteiger partial charge in [-0.1, -0.05) is 12.5 Å². The third-order valence-electron chi connectivity index (χ3n) is 6.04. The Morgan fingerprint density at radius 2 is 1.69 bits per heavy atom. The molecule has 1 atom stereocenters. The van der Waals surface area contributed by atoms with Crippen LogP contribution in [0.2, 0.25) is 0 Å². The highest BCUT2D eigenvalue weighted by molar-refractivity contribution is 7.90. The van der Waals surface area contributed by atoms with Crippen molar-refractivity contribution in [3.05, 3.63) is 46.6 Å². The zero-order valence-electron chi connectivity index (χ0n) is 24.2. The van der Waals surface area contributed by atoms with Crippen LogP contribution in [-0.2, 0) is 19.4 Å². The first-order chi connectivity index (χ1) is 19.2. The van der Waals surface area contributed by atoms with E-state index in [-0.39, 0.29) is 23.6 Å². The van der Waals surface area contributed by atoms with Crippen LogP contribution in [0.3, 0.4) is 0 Å². The van der Waals surface area contributed by atoms with E-state index in [0.717, 1.165) is 42.5 Å². The van der Waals surface area contributed by atoms with Gasteiger partial charge < -0.3 is 14.4 Å². The van der Waals surface area contributed by atoms with Crippen molar-refractivity contribution in [1.82, 2.24) is 4.90 Å². The molecule has 0 saturated carbocycles. The molecule has 8 nitrogen and oxygen atoms in total. The van der Waals surface area contributed by atoms with E-state index in [0.29, 0.717) is 18.9 Å². The number of carbonyl (C=O) groups excluding carboxylic acids is 2. The van der Waals surface area contributed by atoms with Gasteiger partial charge in [0.05, 0.1) is 22.6 Å². The quantitative estimate of drug-likeness (QED) is 0.0964. The summed E-state index contributed by atoms with van der Waals surface area (Å²) in [6, 6.07) is 2.80. The SMILES string of the molecule is CCOC(=O)/C(=C/C(CN(CC)C(=O)c1cc(S(C)(=O)=O)ccc1O[C@H](C)C(F)(F)F)=C(\C)CC)C(=NC)C(F)(F)F. The zero-order valence-corrected chi connectivity index (χ0v) is 25.1. The number of carbonyl (C=O) groups is 2. The molecule has 236 valence electrons. The standard InChI is InChI=1S/C27H34F6N2O6S/c1-8-16(4)18(13-21(25(37)40-10-3)23(34-6)27(31,32)33)15-35(9-2)24(36)20-14-19(42(7,38)39)11-12-22(20)41-17(5)26(28,29)30/h11-14,17H,8-10,15H2,1-7H3/b18-16-,21-13+,34-23?/t17-/m1/s1. The molecule has 0 aliphatic heterocycles. The Labute approximate surface area is 241 Å². The Bertz CT molecular complexity index is 1350. The van der Waals surface area contributed by atoms with E-state index in [1.54, 1.807) is 13.8 Å². The average Bonchev–Trinajstić information content (AvgIpc) is 2.87. The van der Waals surface area contributed by atoms with E-state index in [1.165, 1.54) is 13.8 Å². The molecule has 0 saturated heterocycles. The average molecular weight is 629 g/mol. The van der Waals surface area contributed by atoms with Gasteiger partial charge in [-0.2, -0.15) is 26.3 Å². The van der Waals surface area contributed by atoms with Crippen molar-refractivity contribution in [2.45, 2.75) is 64.4 Å². The Morgan fingerprint density at radius 3 is 2.12 bits per heavy atom. The van der Waals surface area contributed by atoms with Gasteiger partial charge in [0, 0.05) is 26.4 Å². The predicted octanol–water partition coefficient (Wildman–Crippen LogP) is 5.73. The number of benzene rings is 1. The molecular weight excluding hydrogens is 594 g/mol. The minimum absolute atomic E-state index is 0.103. The monoisotopic (exact) mass is 628 g/mol. The fourth-order valence-corrected chi connectivity index (χ4v) is 4.16. The van der Waals surface area contributed by atoms with Crippen LogP contribution < -0.4 is 4.74 Å². The maximum Gasteiger partial charge on any atom is 0.433 e. The molecule has 0 bridgehead atoms. The lowest BCUT2D eigenvalue weighted by Gasteiger charge is -2.26. The second-order valence-electron chi connectivity index (χ2n) is 9.06. The van der Waals surface area contributed by atoms with Gasteiger partial charge in [-0.15, -0.1) is 0 Å².